The fraction of sp³-hybridized carbons (Fsp3) is 0.647. The second kappa shape index (κ2) is 5.16. The lowest BCUT2D eigenvalue weighted by molar-refractivity contribution is 0.388. The summed E-state index contributed by atoms with van der Waals surface area (Å²) in [5.74, 6) is 0.373. The van der Waals surface area contributed by atoms with Crippen molar-refractivity contribution in [3.63, 3.8) is 0 Å². The maximum atomic E-state index is 10.1. The molecule has 0 aromatic heterocycles. The van der Waals surface area contributed by atoms with Gasteiger partial charge in [0, 0.05) is 6.54 Å². The van der Waals surface area contributed by atoms with Gasteiger partial charge in [-0.2, -0.15) is 0 Å². The minimum Gasteiger partial charge on any atom is -0.508 e. The van der Waals surface area contributed by atoms with Gasteiger partial charge < -0.3 is 10.0 Å². The molecule has 0 spiro atoms. The Morgan fingerprint density at radius 2 is 1.26 bits per heavy atom. The van der Waals surface area contributed by atoms with Gasteiger partial charge in [-0.25, -0.2) is 0 Å². The SMILES string of the molecule is CN(C)Cc1c(C(C)(C)C)cc(O)cc1C(C)(C)C. The molecule has 1 N–H and O–H groups in total. The van der Waals surface area contributed by atoms with Gasteiger partial charge in [-0.05, 0) is 53.7 Å². The molecule has 0 aliphatic rings. The van der Waals surface area contributed by atoms with Crippen molar-refractivity contribution in [2.45, 2.75) is 58.9 Å². The molecular formula is C17H29NO. The lowest BCUT2D eigenvalue weighted by Gasteiger charge is -2.31. The monoisotopic (exact) mass is 263 g/mol. The normalized spacial score (nSPS) is 13.1. The first kappa shape index (κ1) is 16.0. The van der Waals surface area contributed by atoms with Gasteiger partial charge in [-0.3, -0.25) is 0 Å². The second-order valence-corrected chi connectivity index (χ2v) is 7.76. The van der Waals surface area contributed by atoms with Gasteiger partial charge in [-0.15, -0.1) is 0 Å². The summed E-state index contributed by atoms with van der Waals surface area (Å²) in [6, 6.07) is 3.85. The van der Waals surface area contributed by atoms with Crippen LogP contribution in [0.4, 0.5) is 0 Å². The fourth-order valence-electron chi connectivity index (χ4n) is 2.48. The molecular weight excluding hydrogens is 234 g/mol. The molecule has 0 aliphatic heterocycles. The topological polar surface area (TPSA) is 23.5 Å². The summed E-state index contributed by atoms with van der Waals surface area (Å²) < 4.78 is 0. The number of aromatic hydroxyl groups is 1. The highest BCUT2D eigenvalue weighted by molar-refractivity contribution is 5.47. The highest BCUT2D eigenvalue weighted by atomic mass is 16.3. The number of phenols is 1. The molecule has 0 saturated carbocycles. The molecule has 0 atom stereocenters. The first-order chi connectivity index (χ1) is 8.43. The summed E-state index contributed by atoms with van der Waals surface area (Å²) in [5, 5.41) is 10.1. The lowest BCUT2D eigenvalue weighted by Crippen LogP contribution is -2.24. The van der Waals surface area contributed by atoms with Crippen molar-refractivity contribution in [1.29, 1.82) is 0 Å². The van der Waals surface area contributed by atoms with E-state index in [2.05, 4.69) is 60.5 Å². The molecule has 0 bridgehead atoms. The minimum absolute atomic E-state index is 0.0318. The van der Waals surface area contributed by atoms with Crippen LogP contribution in [0.25, 0.3) is 0 Å². The predicted molar refractivity (Wildman–Crippen MR) is 82.9 cm³/mol. The van der Waals surface area contributed by atoms with Crippen molar-refractivity contribution < 1.29 is 5.11 Å². The summed E-state index contributed by atoms with van der Waals surface area (Å²) in [6.45, 7) is 14.1. The van der Waals surface area contributed by atoms with Crippen LogP contribution < -0.4 is 0 Å². The van der Waals surface area contributed by atoms with E-state index in [1.165, 1.54) is 16.7 Å². The summed E-state index contributed by atoms with van der Waals surface area (Å²) >= 11 is 0. The maximum absolute atomic E-state index is 10.1. The molecule has 0 saturated heterocycles. The third kappa shape index (κ3) is 3.97. The molecule has 0 radical (unpaired) electrons. The molecule has 0 fully saturated rings. The van der Waals surface area contributed by atoms with Crippen LogP contribution in [-0.4, -0.2) is 24.1 Å². The second-order valence-electron chi connectivity index (χ2n) is 7.76. The largest absolute Gasteiger partial charge is 0.508 e. The molecule has 1 aromatic carbocycles. The molecule has 2 nitrogen and oxygen atoms in total. The number of rotatable bonds is 2. The van der Waals surface area contributed by atoms with Gasteiger partial charge in [0.15, 0.2) is 0 Å². The highest BCUT2D eigenvalue weighted by Gasteiger charge is 2.26. The Kier molecular flexibility index (Phi) is 4.36. The number of benzene rings is 1. The van der Waals surface area contributed by atoms with Crippen LogP contribution in [-0.2, 0) is 17.4 Å². The van der Waals surface area contributed by atoms with Crippen LogP contribution in [0.5, 0.6) is 5.75 Å². The molecule has 108 valence electrons. The van der Waals surface area contributed by atoms with Crippen molar-refractivity contribution in [2.75, 3.05) is 14.1 Å². The fourth-order valence-corrected chi connectivity index (χ4v) is 2.48. The Morgan fingerprint density at radius 1 is 0.895 bits per heavy atom. The van der Waals surface area contributed by atoms with E-state index in [1.807, 2.05) is 12.1 Å². The van der Waals surface area contributed by atoms with Gasteiger partial charge in [0.25, 0.3) is 0 Å². The number of hydrogen-bond acceptors (Lipinski definition) is 2. The number of phenolic OH excluding ortho intramolecular Hbond substituents is 1. The molecule has 0 unspecified atom stereocenters. The van der Waals surface area contributed by atoms with E-state index in [1.54, 1.807) is 0 Å². The minimum atomic E-state index is 0.0318. The van der Waals surface area contributed by atoms with Crippen LogP contribution >= 0.6 is 0 Å². The van der Waals surface area contributed by atoms with Gasteiger partial charge in [0.1, 0.15) is 5.75 Å². The zero-order chi connectivity index (χ0) is 15.0. The third-order valence-corrected chi connectivity index (χ3v) is 3.33. The van der Waals surface area contributed by atoms with Gasteiger partial charge in [0.2, 0.25) is 0 Å². The highest BCUT2D eigenvalue weighted by Crippen LogP contribution is 2.37. The van der Waals surface area contributed by atoms with Crippen LogP contribution in [0, 0.1) is 0 Å². The summed E-state index contributed by atoms with van der Waals surface area (Å²) in [7, 11) is 4.18. The molecule has 0 aliphatic carbocycles. The first-order valence-corrected chi connectivity index (χ1v) is 6.94. The zero-order valence-electron chi connectivity index (χ0n) is 13.8. The van der Waals surface area contributed by atoms with Gasteiger partial charge in [-0.1, -0.05) is 41.5 Å². The predicted octanol–water partition coefficient (Wildman–Crippen LogP) is 4.05. The van der Waals surface area contributed by atoms with Crippen molar-refractivity contribution in [1.82, 2.24) is 4.90 Å². The van der Waals surface area contributed by atoms with E-state index in [-0.39, 0.29) is 10.8 Å². The molecule has 0 amide bonds. The molecule has 0 heterocycles. The van der Waals surface area contributed by atoms with Crippen molar-refractivity contribution >= 4 is 0 Å². The van der Waals surface area contributed by atoms with Gasteiger partial charge >= 0.3 is 0 Å². The Morgan fingerprint density at radius 3 is 1.53 bits per heavy atom. The Balaban J connectivity index is 3.58. The Labute approximate surface area is 118 Å². The van der Waals surface area contributed by atoms with Crippen molar-refractivity contribution in [3.8, 4) is 5.75 Å². The molecule has 19 heavy (non-hydrogen) atoms. The third-order valence-electron chi connectivity index (χ3n) is 3.33. The summed E-state index contributed by atoms with van der Waals surface area (Å²) in [5.41, 5.74) is 3.90. The van der Waals surface area contributed by atoms with Crippen LogP contribution in [0.2, 0.25) is 0 Å². The molecule has 1 rings (SSSR count). The van der Waals surface area contributed by atoms with E-state index in [4.69, 9.17) is 0 Å². The van der Waals surface area contributed by atoms with E-state index >= 15 is 0 Å². The van der Waals surface area contributed by atoms with Gasteiger partial charge in [0.05, 0.1) is 0 Å². The first-order valence-electron chi connectivity index (χ1n) is 6.94. The molecule has 1 aromatic rings. The average molecular weight is 263 g/mol. The van der Waals surface area contributed by atoms with Crippen LogP contribution in [0.3, 0.4) is 0 Å². The van der Waals surface area contributed by atoms with E-state index in [9.17, 15) is 5.11 Å². The maximum Gasteiger partial charge on any atom is 0.116 e. The average Bonchev–Trinajstić information content (AvgIpc) is 2.16. The van der Waals surface area contributed by atoms with E-state index < -0.39 is 0 Å². The standard InChI is InChI=1S/C17H29NO/c1-16(2,3)14-9-12(19)10-15(17(4,5)6)13(14)11-18(7)8/h9-10,19H,11H2,1-8H3. The zero-order valence-corrected chi connectivity index (χ0v) is 13.8. The summed E-state index contributed by atoms with van der Waals surface area (Å²) in [6.07, 6.45) is 0. The Hall–Kier alpha value is -1.02. The van der Waals surface area contributed by atoms with Crippen LogP contribution in [0.15, 0.2) is 12.1 Å². The van der Waals surface area contributed by atoms with Crippen LogP contribution in [0.1, 0.15) is 58.2 Å². The van der Waals surface area contributed by atoms with Crippen molar-refractivity contribution in [2.24, 2.45) is 0 Å². The number of nitrogens with zero attached hydrogens (tertiary/aromatic N) is 1. The lowest BCUT2D eigenvalue weighted by atomic mass is 9.76. The molecule has 2 heteroatoms. The quantitative estimate of drug-likeness (QED) is 0.870. The van der Waals surface area contributed by atoms with Crippen molar-refractivity contribution in [3.05, 3.63) is 28.8 Å². The Bertz CT molecular complexity index is 412. The smallest absolute Gasteiger partial charge is 0.116 e. The van der Waals surface area contributed by atoms with E-state index in [0.717, 1.165) is 6.54 Å². The number of hydrogen-bond donors (Lipinski definition) is 1. The van der Waals surface area contributed by atoms with E-state index in [0.29, 0.717) is 5.75 Å². The summed E-state index contributed by atoms with van der Waals surface area (Å²) in [4.78, 5) is 2.19.